The van der Waals surface area contributed by atoms with Crippen LogP contribution in [0, 0.1) is 0 Å². The van der Waals surface area contributed by atoms with Crippen molar-refractivity contribution < 1.29 is 9.59 Å². The number of carbonyl (C=O) groups excluding carboxylic acids is 2. The molecular weight excluding hydrogens is 396 g/mol. The zero-order chi connectivity index (χ0) is 20.8. The number of pyridine rings is 1. The monoisotopic (exact) mass is 426 g/mol. The van der Waals surface area contributed by atoms with E-state index in [4.69, 9.17) is 0 Å². The summed E-state index contributed by atoms with van der Waals surface area (Å²) in [4.78, 5) is 35.2. The number of hydrogen-bond donors (Lipinski definition) is 1. The van der Waals surface area contributed by atoms with Crippen LogP contribution in [0.25, 0.3) is 0 Å². The molecule has 2 saturated heterocycles. The molecule has 6 nitrogen and oxygen atoms in total. The normalized spacial score (nSPS) is 19.5. The van der Waals surface area contributed by atoms with Gasteiger partial charge in [-0.2, -0.15) is 0 Å². The zero-order valence-corrected chi connectivity index (χ0v) is 18.2. The van der Waals surface area contributed by atoms with Crippen molar-refractivity contribution in [3.63, 3.8) is 0 Å². The summed E-state index contributed by atoms with van der Waals surface area (Å²) in [5.74, 6) is 0.986. The molecule has 1 N–H and O–H groups in total. The van der Waals surface area contributed by atoms with E-state index < -0.39 is 0 Å². The number of nitrogens with zero attached hydrogens (tertiary/aromatic N) is 3. The van der Waals surface area contributed by atoms with Gasteiger partial charge in [-0.1, -0.05) is 18.9 Å². The van der Waals surface area contributed by atoms with Crippen LogP contribution in [0.1, 0.15) is 49.0 Å². The van der Waals surface area contributed by atoms with Crippen LogP contribution in [-0.2, 0) is 22.6 Å². The van der Waals surface area contributed by atoms with Gasteiger partial charge in [0.15, 0.2) is 0 Å². The summed E-state index contributed by atoms with van der Waals surface area (Å²) in [5, 5.41) is 5.03. The third-order valence-electron chi connectivity index (χ3n) is 5.99. The molecule has 2 aromatic rings. The number of amides is 2. The average molecular weight is 427 g/mol. The molecule has 0 spiro atoms. The van der Waals surface area contributed by atoms with Crippen LogP contribution in [0.3, 0.4) is 0 Å². The number of rotatable bonds is 6. The van der Waals surface area contributed by atoms with E-state index in [0.717, 1.165) is 42.2 Å². The third-order valence-corrected chi connectivity index (χ3v) is 6.86. The molecule has 0 saturated carbocycles. The van der Waals surface area contributed by atoms with E-state index in [-0.39, 0.29) is 17.9 Å². The number of anilines is 1. The van der Waals surface area contributed by atoms with Crippen molar-refractivity contribution in [2.75, 3.05) is 24.5 Å². The highest BCUT2D eigenvalue weighted by Crippen LogP contribution is 2.21. The van der Waals surface area contributed by atoms with E-state index in [9.17, 15) is 9.59 Å². The van der Waals surface area contributed by atoms with Crippen LogP contribution in [-0.4, -0.2) is 47.4 Å². The molecule has 0 bridgehead atoms. The van der Waals surface area contributed by atoms with Crippen molar-refractivity contribution in [1.82, 2.24) is 15.2 Å². The fraction of sp³-hybridized carbons (Fsp3) is 0.522. The van der Waals surface area contributed by atoms with Gasteiger partial charge in [-0.15, -0.1) is 11.3 Å². The predicted octanol–water partition coefficient (Wildman–Crippen LogP) is 3.37. The second kappa shape index (κ2) is 10.1. The maximum Gasteiger partial charge on any atom is 0.243 e. The number of thiophene rings is 1. The lowest BCUT2D eigenvalue weighted by Crippen LogP contribution is -2.46. The molecule has 1 atom stereocenters. The summed E-state index contributed by atoms with van der Waals surface area (Å²) >= 11 is 1.58. The fourth-order valence-corrected chi connectivity index (χ4v) is 5.05. The number of likely N-dealkylation sites (tertiary alicyclic amines) is 1. The molecule has 7 heteroatoms. The van der Waals surface area contributed by atoms with Gasteiger partial charge < -0.3 is 15.1 Å². The largest absolute Gasteiger partial charge is 0.357 e. The lowest BCUT2D eigenvalue weighted by molar-refractivity contribution is -0.138. The van der Waals surface area contributed by atoms with Crippen molar-refractivity contribution in [3.8, 4) is 0 Å². The smallest absolute Gasteiger partial charge is 0.243 e. The Hall–Kier alpha value is -2.41. The first-order valence-corrected chi connectivity index (χ1v) is 11.9. The SMILES string of the molecule is O=C(NCc1ccnc(N2CCCCCC2)c1)C1CCCN1C(=O)Cc1cccs1. The quantitative estimate of drug-likeness (QED) is 0.769. The highest BCUT2D eigenvalue weighted by atomic mass is 32.1. The van der Waals surface area contributed by atoms with Crippen LogP contribution in [0.2, 0.25) is 0 Å². The first-order chi connectivity index (χ1) is 14.7. The van der Waals surface area contributed by atoms with E-state index in [1.165, 1.54) is 25.7 Å². The lowest BCUT2D eigenvalue weighted by Gasteiger charge is -2.24. The maximum atomic E-state index is 12.8. The second-order valence-electron chi connectivity index (χ2n) is 8.14. The minimum absolute atomic E-state index is 0.0439. The van der Waals surface area contributed by atoms with Crippen molar-refractivity contribution in [1.29, 1.82) is 0 Å². The summed E-state index contributed by atoms with van der Waals surface area (Å²) < 4.78 is 0. The van der Waals surface area contributed by atoms with Gasteiger partial charge in [0.05, 0.1) is 6.42 Å². The lowest BCUT2D eigenvalue weighted by atomic mass is 10.2. The van der Waals surface area contributed by atoms with Gasteiger partial charge in [0.1, 0.15) is 11.9 Å². The molecule has 0 aliphatic carbocycles. The van der Waals surface area contributed by atoms with Crippen molar-refractivity contribution in [2.24, 2.45) is 0 Å². The first-order valence-electron chi connectivity index (χ1n) is 11.0. The molecule has 2 aromatic heterocycles. The molecule has 160 valence electrons. The number of nitrogens with one attached hydrogen (secondary N) is 1. The van der Waals surface area contributed by atoms with Gasteiger partial charge in [-0.05, 0) is 54.8 Å². The number of hydrogen-bond acceptors (Lipinski definition) is 5. The number of aromatic nitrogens is 1. The summed E-state index contributed by atoms with van der Waals surface area (Å²) in [5.41, 5.74) is 1.05. The van der Waals surface area contributed by atoms with Gasteiger partial charge in [-0.3, -0.25) is 9.59 Å². The van der Waals surface area contributed by atoms with Gasteiger partial charge in [0.2, 0.25) is 11.8 Å². The van der Waals surface area contributed by atoms with Gasteiger partial charge in [0, 0.05) is 37.3 Å². The van der Waals surface area contributed by atoms with E-state index in [2.05, 4.69) is 21.3 Å². The second-order valence-corrected chi connectivity index (χ2v) is 9.17. The summed E-state index contributed by atoms with van der Waals surface area (Å²) in [6.45, 7) is 3.22. The summed E-state index contributed by atoms with van der Waals surface area (Å²) in [6, 6.07) is 7.61. The van der Waals surface area contributed by atoms with Crippen molar-refractivity contribution in [3.05, 3.63) is 46.3 Å². The molecular formula is C23H30N4O2S. The van der Waals surface area contributed by atoms with Crippen LogP contribution >= 0.6 is 11.3 Å². The highest BCUT2D eigenvalue weighted by molar-refractivity contribution is 7.10. The van der Waals surface area contributed by atoms with Gasteiger partial charge >= 0.3 is 0 Å². The third kappa shape index (κ3) is 5.19. The Balaban J connectivity index is 1.33. The molecule has 2 fully saturated rings. The molecule has 2 amide bonds. The minimum Gasteiger partial charge on any atom is -0.357 e. The fourth-order valence-electron chi connectivity index (χ4n) is 4.35. The topological polar surface area (TPSA) is 65.5 Å². The van der Waals surface area contributed by atoms with Gasteiger partial charge in [0.25, 0.3) is 0 Å². The first kappa shape index (κ1) is 20.8. The van der Waals surface area contributed by atoms with Crippen molar-refractivity contribution in [2.45, 2.75) is 57.5 Å². The maximum absolute atomic E-state index is 12.8. The zero-order valence-electron chi connectivity index (χ0n) is 17.4. The van der Waals surface area contributed by atoms with Crippen LogP contribution < -0.4 is 10.2 Å². The summed E-state index contributed by atoms with van der Waals surface area (Å²) in [6.07, 6.45) is 8.81. The van der Waals surface area contributed by atoms with Crippen LogP contribution in [0.4, 0.5) is 5.82 Å². The Morgan fingerprint density at radius 2 is 1.93 bits per heavy atom. The predicted molar refractivity (Wildman–Crippen MR) is 120 cm³/mol. The summed E-state index contributed by atoms with van der Waals surface area (Å²) in [7, 11) is 0. The molecule has 4 heterocycles. The molecule has 2 aliphatic rings. The molecule has 1 unspecified atom stereocenters. The molecule has 0 aromatic carbocycles. The molecule has 30 heavy (non-hydrogen) atoms. The standard InChI is InChI=1S/C23H30N4O2S/c28-22(16-19-7-6-14-30-19)27-13-5-8-20(27)23(29)25-17-18-9-10-24-21(15-18)26-11-3-1-2-4-12-26/h6-7,9-10,14-15,20H,1-5,8,11-13,16-17H2,(H,25,29). The van der Waals surface area contributed by atoms with Crippen LogP contribution in [0.5, 0.6) is 0 Å². The van der Waals surface area contributed by atoms with E-state index in [1.807, 2.05) is 29.8 Å². The Kier molecular flexibility index (Phi) is 7.00. The van der Waals surface area contributed by atoms with E-state index >= 15 is 0 Å². The average Bonchev–Trinajstić information content (AvgIpc) is 3.38. The Labute approximate surface area is 182 Å². The van der Waals surface area contributed by atoms with E-state index in [0.29, 0.717) is 19.5 Å². The Morgan fingerprint density at radius 1 is 1.10 bits per heavy atom. The Morgan fingerprint density at radius 3 is 2.70 bits per heavy atom. The molecule has 2 aliphatic heterocycles. The van der Waals surface area contributed by atoms with Crippen molar-refractivity contribution >= 4 is 29.0 Å². The number of carbonyl (C=O) groups is 2. The van der Waals surface area contributed by atoms with E-state index in [1.54, 1.807) is 16.2 Å². The highest BCUT2D eigenvalue weighted by Gasteiger charge is 2.33. The van der Waals surface area contributed by atoms with Crippen LogP contribution in [0.15, 0.2) is 35.8 Å². The Bertz CT molecular complexity index is 847. The molecule has 4 rings (SSSR count). The van der Waals surface area contributed by atoms with Gasteiger partial charge in [-0.25, -0.2) is 4.98 Å². The molecule has 0 radical (unpaired) electrons. The minimum atomic E-state index is -0.357.